The summed E-state index contributed by atoms with van der Waals surface area (Å²) in [5.74, 6) is 0.764. The lowest BCUT2D eigenvalue weighted by atomic mass is 10.0. The molecule has 3 nitrogen and oxygen atoms in total. The molecule has 12 heavy (non-hydrogen) atoms. The van der Waals surface area contributed by atoms with Crippen LogP contribution in [0.4, 0.5) is 0 Å². The van der Waals surface area contributed by atoms with Crippen molar-refractivity contribution in [2.24, 2.45) is 5.92 Å². The highest BCUT2D eigenvalue weighted by molar-refractivity contribution is 7.89. The Bertz CT molecular complexity index is 235. The van der Waals surface area contributed by atoms with Crippen LogP contribution in [0.2, 0.25) is 0 Å². The van der Waals surface area contributed by atoms with Crippen molar-refractivity contribution in [1.82, 2.24) is 4.31 Å². The molecule has 0 spiro atoms. The molecule has 1 atom stereocenters. The molecule has 1 heterocycles. The van der Waals surface area contributed by atoms with Crippen molar-refractivity contribution < 1.29 is 8.42 Å². The van der Waals surface area contributed by atoms with E-state index in [9.17, 15) is 8.42 Å². The summed E-state index contributed by atoms with van der Waals surface area (Å²) >= 11 is 0. The third-order valence-corrected chi connectivity index (χ3v) is 4.23. The van der Waals surface area contributed by atoms with Crippen molar-refractivity contribution in [3.63, 3.8) is 0 Å². The van der Waals surface area contributed by atoms with Crippen LogP contribution >= 0.6 is 0 Å². The Morgan fingerprint density at radius 1 is 1.50 bits per heavy atom. The largest absolute Gasteiger partial charge is 0.213 e. The van der Waals surface area contributed by atoms with Crippen molar-refractivity contribution >= 4 is 10.0 Å². The number of hydrogen-bond donors (Lipinski definition) is 0. The molecule has 1 fully saturated rings. The van der Waals surface area contributed by atoms with Crippen molar-refractivity contribution in [3.05, 3.63) is 0 Å². The summed E-state index contributed by atoms with van der Waals surface area (Å²) in [7, 11) is -2.92. The van der Waals surface area contributed by atoms with Crippen molar-refractivity contribution in [2.75, 3.05) is 18.8 Å². The van der Waals surface area contributed by atoms with Gasteiger partial charge in [-0.05, 0) is 25.7 Å². The third kappa shape index (κ3) is 2.20. The Morgan fingerprint density at radius 2 is 2.17 bits per heavy atom. The van der Waals surface area contributed by atoms with E-state index >= 15 is 0 Å². The van der Waals surface area contributed by atoms with Gasteiger partial charge in [0.2, 0.25) is 10.0 Å². The van der Waals surface area contributed by atoms with Gasteiger partial charge in [0.1, 0.15) is 0 Å². The molecule has 1 rings (SSSR count). The van der Waals surface area contributed by atoms with E-state index in [1.54, 1.807) is 11.2 Å². The molecule has 72 valence electrons. The summed E-state index contributed by atoms with van der Waals surface area (Å²) in [6.07, 6.45) is 2.18. The topological polar surface area (TPSA) is 37.4 Å². The molecule has 0 bridgehead atoms. The molecule has 0 unspecified atom stereocenters. The maximum absolute atomic E-state index is 11.4. The summed E-state index contributed by atoms with van der Waals surface area (Å²) in [4.78, 5) is 0. The van der Waals surface area contributed by atoms with E-state index in [2.05, 4.69) is 6.92 Å². The SMILES string of the molecule is CCS(=O)(=O)N1CCC[C@H](C)C1. The van der Waals surface area contributed by atoms with Gasteiger partial charge >= 0.3 is 0 Å². The summed E-state index contributed by atoms with van der Waals surface area (Å²) < 4.78 is 24.5. The number of nitrogens with zero attached hydrogens (tertiary/aromatic N) is 1. The Balaban J connectivity index is 2.63. The minimum absolute atomic E-state index is 0.236. The minimum atomic E-state index is -2.92. The van der Waals surface area contributed by atoms with Crippen LogP contribution in [0.5, 0.6) is 0 Å². The minimum Gasteiger partial charge on any atom is -0.212 e. The van der Waals surface area contributed by atoms with E-state index in [4.69, 9.17) is 0 Å². The van der Waals surface area contributed by atoms with Gasteiger partial charge in [-0.25, -0.2) is 12.7 Å². The van der Waals surface area contributed by atoms with E-state index in [0.29, 0.717) is 5.92 Å². The lowest BCUT2D eigenvalue weighted by Crippen LogP contribution is -2.39. The fourth-order valence-corrected chi connectivity index (χ4v) is 2.84. The molecule has 0 saturated carbocycles. The second kappa shape index (κ2) is 3.75. The lowest BCUT2D eigenvalue weighted by Gasteiger charge is -2.29. The summed E-state index contributed by atoms with van der Waals surface area (Å²) in [6.45, 7) is 5.25. The zero-order valence-corrected chi connectivity index (χ0v) is 8.60. The summed E-state index contributed by atoms with van der Waals surface area (Å²) in [5.41, 5.74) is 0. The van der Waals surface area contributed by atoms with Crippen LogP contribution in [0.1, 0.15) is 26.7 Å². The second-order valence-electron chi connectivity index (χ2n) is 3.51. The average Bonchev–Trinajstić information content (AvgIpc) is 2.05. The standard InChI is InChI=1S/C8H17NO2S/c1-3-12(10,11)9-6-4-5-8(2)7-9/h8H,3-7H2,1-2H3/t8-/m0/s1. The Kier molecular flexibility index (Phi) is 3.12. The first kappa shape index (κ1) is 9.99. The van der Waals surface area contributed by atoms with Gasteiger partial charge in [0.05, 0.1) is 5.75 Å². The molecule has 1 aliphatic rings. The zero-order chi connectivity index (χ0) is 9.19. The van der Waals surface area contributed by atoms with Crippen LogP contribution < -0.4 is 0 Å². The maximum Gasteiger partial charge on any atom is 0.213 e. The molecule has 0 N–H and O–H groups in total. The molecule has 0 radical (unpaired) electrons. The predicted octanol–water partition coefficient (Wildman–Crippen LogP) is 1.07. The van der Waals surface area contributed by atoms with Crippen LogP contribution in [0.15, 0.2) is 0 Å². The van der Waals surface area contributed by atoms with Gasteiger partial charge in [-0.3, -0.25) is 0 Å². The lowest BCUT2D eigenvalue weighted by molar-refractivity contribution is 0.281. The maximum atomic E-state index is 11.4. The number of rotatable bonds is 2. The third-order valence-electron chi connectivity index (χ3n) is 2.38. The quantitative estimate of drug-likeness (QED) is 0.654. The van der Waals surface area contributed by atoms with Gasteiger partial charge in [-0.2, -0.15) is 0 Å². The van der Waals surface area contributed by atoms with Crippen LogP contribution in [-0.4, -0.2) is 31.6 Å². The van der Waals surface area contributed by atoms with Crippen LogP contribution in [-0.2, 0) is 10.0 Å². The van der Waals surface area contributed by atoms with E-state index in [0.717, 1.165) is 25.9 Å². The highest BCUT2D eigenvalue weighted by Crippen LogP contribution is 2.18. The molecule has 0 aliphatic carbocycles. The fourth-order valence-electron chi connectivity index (χ4n) is 1.58. The highest BCUT2D eigenvalue weighted by Gasteiger charge is 2.24. The van der Waals surface area contributed by atoms with Gasteiger partial charge in [0.25, 0.3) is 0 Å². The van der Waals surface area contributed by atoms with Crippen molar-refractivity contribution in [2.45, 2.75) is 26.7 Å². The molecule has 0 aromatic carbocycles. The first-order valence-electron chi connectivity index (χ1n) is 4.54. The van der Waals surface area contributed by atoms with Crippen LogP contribution in [0, 0.1) is 5.92 Å². The van der Waals surface area contributed by atoms with Gasteiger partial charge in [-0.15, -0.1) is 0 Å². The van der Waals surface area contributed by atoms with Crippen molar-refractivity contribution in [3.8, 4) is 0 Å². The predicted molar refractivity (Wildman–Crippen MR) is 49.4 cm³/mol. The smallest absolute Gasteiger partial charge is 0.212 e. The molecule has 4 heteroatoms. The first-order valence-corrected chi connectivity index (χ1v) is 6.15. The number of piperidine rings is 1. The van der Waals surface area contributed by atoms with E-state index < -0.39 is 10.0 Å². The number of sulfonamides is 1. The Hall–Kier alpha value is -0.0900. The van der Waals surface area contributed by atoms with Gasteiger partial charge in [0, 0.05) is 13.1 Å². The van der Waals surface area contributed by atoms with E-state index in [1.807, 2.05) is 0 Å². The molecular weight excluding hydrogens is 174 g/mol. The molecule has 1 aliphatic heterocycles. The van der Waals surface area contributed by atoms with Gasteiger partial charge in [0.15, 0.2) is 0 Å². The highest BCUT2D eigenvalue weighted by atomic mass is 32.2. The fraction of sp³-hybridized carbons (Fsp3) is 1.00. The monoisotopic (exact) mass is 191 g/mol. The van der Waals surface area contributed by atoms with Crippen LogP contribution in [0.3, 0.4) is 0 Å². The molecule has 0 aromatic rings. The Labute approximate surface area is 74.8 Å². The second-order valence-corrected chi connectivity index (χ2v) is 5.76. The van der Waals surface area contributed by atoms with E-state index in [-0.39, 0.29) is 5.75 Å². The van der Waals surface area contributed by atoms with Crippen LogP contribution in [0.25, 0.3) is 0 Å². The molecule has 0 aromatic heterocycles. The Morgan fingerprint density at radius 3 is 2.67 bits per heavy atom. The first-order chi connectivity index (χ1) is 5.56. The number of hydrogen-bond acceptors (Lipinski definition) is 2. The molecule has 0 amide bonds. The average molecular weight is 191 g/mol. The van der Waals surface area contributed by atoms with E-state index in [1.165, 1.54) is 0 Å². The summed E-state index contributed by atoms with van der Waals surface area (Å²) in [5, 5.41) is 0. The molecule has 1 saturated heterocycles. The van der Waals surface area contributed by atoms with Crippen molar-refractivity contribution in [1.29, 1.82) is 0 Å². The summed E-state index contributed by atoms with van der Waals surface area (Å²) in [6, 6.07) is 0. The van der Waals surface area contributed by atoms with Gasteiger partial charge < -0.3 is 0 Å². The zero-order valence-electron chi connectivity index (χ0n) is 7.78. The normalized spacial score (nSPS) is 27.3. The van der Waals surface area contributed by atoms with Gasteiger partial charge in [-0.1, -0.05) is 6.92 Å². The molecular formula is C8H17NO2S.